The highest BCUT2D eigenvalue weighted by Gasteiger charge is 2.28. The van der Waals surface area contributed by atoms with Crippen LogP contribution in [0.5, 0.6) is 0 Å². The molecular weight excluding hydrogens is 1260 g/mol. The minimum Gasteiger partial charge on any atom is -0.0622 e. The van der Waals surface area contributed by atoms with Gasteiger partial charge >= 0.3 is 0 Å². The lowest BCUT2D eigenvalue weighted by atomic mass is 9.83. The van der Waals surface area contributed by atoms with E-state index in [1.807, 2.05) is 0 Å². The van der Waals surface area contributed by atoms with E-state index in [2.05, 4.69) is 397 Å². The molecule has 494 valence electrons. The molecule has 0 saturated heterocycles. The van der Waals surface area contributed by atoms with Gasteiger partial charge in [0, 0.05) is 5.92 Å². The first kappa shape index (κ1) is 63.0. The number of hydrogen-bond acceptors (Lipinski definition) is 0. The molecule has 0 saturated carbocycles. The van der Waals surface area contributed by atoms with Crippen molar-refractivity contribution in [2.45, 2.75) is 33.1 Å². The molecule has 0 aliphatic heterocycles. The Balaban J connectivity index is 0.000000144. The second kappa shape index (κ2) is 26.4. The van der Waals surface area contributed by atoms with Gasteiger partial charge in [0.2, 0.25) is 0 Å². The van der Waals surface area contributed by atoms with Gasteiger partial charge in [-0.25, -0.2) is 0 Å². The summed E-state index contributed by atoms with van der Waals surface area (Å²) < 4.78 is 0. The maximum Gasteiger partial charge on any atom is 0.00735 e. The summed E-state index contributed by atoms with van der Waals surface area (Å²) in [5.41, 5.74) is 38.7. The van der Waals surface area contributed by atoms with E-state index < -0.39 is 0 Å². The zero-order valence-corrected chi connectivity index (χ0v) is 59.1. The first-order valence-electron chi connectivity index (χ1n) is 36.9. The van der Waals surface area contributed by atoms with E-state index in [4.69, 9.17) is 0 Å². The smallest absolute Gasteiger partial charge is 0.00735 e. The van der Waals surface area contributed by atoms with Gasteiger partial charge in [0.15, 0.2) is 0 Å². The van der Waals surface area contributed by atoms with Crippen LogP contribution in [0.3, 0.4) is 0 Å². The molecule has 1 atom stereocenters. The van der Waals surface area contributed by atoms with Crippen LogP contribution in [0, 0.1) is 13.8 Å². The molecule has 0 aromatic heterocycles. The Morgan fingerprint density at radius 2 is 0.467 bits per heavy atom. The van der Waals surface area contributed by atoms with Crippen molar-refractivity contribution in [3.63, 3.8) is 0 Å². The van der Waals surface area contributed by atoms with Crippen molar-refractivity contribution in [2.24, 2.45) is 0 Å². The molecular formula is C105H74. The van der Waals surface area contributed by atoms with Crippen LogP contribution >= 0.6 is 0 Å². The quantitative estimate of drug-likeness (QED) is 0.120. The minimum atomic E-state index is 0.372. The van der Waals surface area contributed by atoms with E-state index in [0.717, 1.165) is 6.42 Å². The van der Waals surface area contributed by atoms with E-state index in [1.165, 1.54) is 210 Å². The molecule has 0 heteroatoms. The van der Waals surface area contributed by atoms with E-state index in [-0.39, 0.29) is 0 Å². The Kier molecular flexibility index (Phi) is 15.8. The largest absolute Gasteiger partial charge is 0.0622 e. The molecule has 0 nitrogen and oxygen atoms in total. The summed E-state index contributed by atoms with van der Waals surface area (Å²) in [5, 5.41) is 10.3. The van der Waals surface area contributed by atoms with Crippen LogP contribution in [0.4, 0.5) is 0 Å². The monoisotopic (exact) mass is 1330 g/mol. The standard InChI is InChI=1S/C53H38.C52H36/c1-34-29-38(42-31-40(36-15-5-3-6-16-36)30-41(32-42)37-17-7-4-8-18-37)25-27-43(34)53-49-23-13-11-21-47(49)52(48-22-12-14-24-50(48)53)39-26-28-46-45-20-10-9-19-44(45)35(2)51(46)33-39;1-34-28-37(42-32-40(35-14-4-2-5-15-35)31-41(33-42)36-16-6-3-7-17-36)24-26-44(34)52-49-22-12-10-20-47(49)51(48-21-11-13-23-50(48)52)39-25-27-46-43(30-39)29-38-18-8-9-19-45(38)46/h3-33,35H,1-2H3;2-28,30-33H,29H2,1H3. The van der Waals surface area contributed by atoms with Crippen LogP contribution in [-0.2, 0) is 6.42 Å². The highest BCUT2D eigenvalue weighted by Crippen LogP contribution is 2.52. The van der Waals surface area contributed by atoms with E-state index in [9.17, 15) is 0 Å². The summed E-state index contributed by atoms with van der Waals surface area (Å²) >= 11 is 0. The van der Waals surface area contributed by atoms with Gasteiger partial charge in [0.25, 0.3) is 0 Å². The Morgan fingerprint density at radius 1 is 0.181 bits per heavy atom. The zero-order valence-electron chi connectivity index (χ0n) is 59.1. The molecule has 18 aromatic carbocycles. The van der Waals surface area contributed by atoms with Crippen molar-refractivity contribution in [3.05, 3.63) is 409 Å². The second-order valence-electron chi connectivity index (χ2n) is 28.6. The van der Waals surface area contributed by atoms with Crippen molar-refractivity contribution in [1.29, 1.82) is 0 Å². The average Bonchev–Trinajstić information content (AvgIpc) is 1.73. The lowest BCUT2D eigenvalue weighted by molar-refractivity contribution is 0.957. The van der Waals surface area contributed by atoms with Crippen LogP contribution in [0.25, 0.3) is 177 Å². The van der Waals surface area contributed by atoms with E-state index in [0.29, 0.717) is 5.92 Å². The van der Waals surface area contributed by atoms with Gasteiger partial charge in [-0.3, -0.25) is 0 Å². The second-order valence-corrected chi connectivity index (χ2v) is 28.6. The third-order valence-electron chi connectivity index (χ3n) is 22.4. The fourth-order valence-corrected chi connectivity index (χ4v) is 17.4. The van der Waals surface area contributed by atoms with Crippen LogP contribution in [0.2, 0.25) is 0 Å². The van der Waals surface area contributed by atoms with Gasteiger partial charge in [-0.1, -0.05) is 341 Å². The summed E-state index contributed by atoms with van der Waals surface area (Å²) in [6.45, 7) is 6.89. The van der Waals surface area contributed by atoms with Crippen molar-refractivity contribution in [3.8, 4) is 134 Å². The van der Waals surface area contributed by atoms with E-state index >= 15 is 0 Å². The topological polar surface area (TPSA) is 0 Å². The van der Waals surface area contributed by atoms with Crippen LogP contribution in [0.1, 0.15) is 46.2 Å². The highest BCUT2D eigenvalue weighted by atomic mass is 14.3. The zero-order chi connectivity index (χ0) is 70.1. The Bertz CT molecular complexity index is 6200. The van der Waals surface area contributed by atoms with Crippen LogP contribution in [0.15, 0.2) is 376 Å². The summed E-state index contributed by atoms with van der Waals surface area (Å²) in [6.07, 6.45) is 0.986. The molecule has 0 bridgehead atoms. The molecule has 0 radical (unpaired) electrons. The molecule has 2 aliphatic carbocycles. The predicted octanol–water partition coefficient (Wildman–Crippen LogP) is 29.0. The number of rotatable bonds is 10. The first-order valence-corrected chi connectivity index (χ1v) is 36.9. The van der Waals surface area contributed by atoms with Crippen molar-refractivity contribution in [1.82, 2.24) is 0 Å². The Morgan fingerprint density at radius 3 is 0.867 bits per heavy atom. The van der Waals surface area contributed by atoms with Gasteiger partial charge < -0.3 is 0 Å². The number of fused-ring (bicyclic) bond motifs is 10. The first-order chi connectivity index (χ1) is 51.8. The highest BCUT2D eigenvalue weighted by molar-refractivity contribution is 6.23. The van der Waals surface area contributed by atoms with Gasteiger partial charge in [0.05, 0.1) is 0 Å². The molecule has 0 amide bonds. The maximum atomic E-state index is 2.46. The summed E-state index contributed by atoms with van der Waals surface area (Å²) in [5.74, 6) is 0.372. The van der Waals surface area contributed by atoms with Gasteiger partial charge in [-0.2, -0.15) is 0 Å². The van der Waals surface area contributed by atoms with Gasteiger partial charge in [-0.15, -0.1) is 0 Å². The lowest BCUT2D eigenvalue weighted by Gasteiger charge is -2.20. The summed E-state index contributed by atoms with van der Waals surface area (Å²) in [6, 6.07) is 139. The average molecular weight is 1340 g/mol. The molecule has 105 heavy (non-hydrogen) atoms. The fraction of sp³-hybridized carbons (Fsp3) is 0.0476. The molecule has 0 spiro atoms. The number of aryl methyl sites for hydroxylation is 2. The number of benzene rings is 18. The molecule has 0 N–H and O–H groups in total. The normalized spacial score (nSPS) is 12.6. The Hall–Kier alpha value is -13.0. The van der Waals surface area contributed by atoms with Crippen LogP contribution in [-0.4, -0.2) is 0 Å². The molecule has 2 aliphatic rings. The molecule has 20 rings (SSSR count). The molecule has 18 aromatic rings. The van der Waals surface area contributed by atoms with Gasteiger partial charge in [-0.05, 0) is 273 Å². The summed E-state index contributed by atoms with van der Waals surface area (Å²) in [4.78, 5) is 0. The van der Waals surface area contributed by atoms with Gasteiger partial charge in [0.1, 0.15) is 0 Å². The Labute approximate surface area is 615 Å². The third kappa shape index (κ3) is 11.3. The molecule has 0 heterocycles. The minimum absolute atomic E-state index is 0.372. The molecule has 1 unspecified atom stereocenters. The van der Waals surface area contributed by atoms with Crippen LogP contribution < -0.4 is 0 Å². The SMILES string of the molecule is Cc1cc(-c2cc(-c3ccccc3)cc(-c3ccccc3)c2)ccc1-c1c2ccccc2c(-c2ccc3c(c2)C(C)c2ccccc2-3)c2ccccc12.Cc1cc(-c2cc(-c3ccccc3)cc(-c3ccccc3)c2)ccc1-c1c2ccccc2c(-c2ccc3c(c2)Cc2ccccc2-3)c2ccccc12. The van der Waals surface area contributed by atoms with Crippen molar-refractivity contribution >= 4 is 43.1 Å². The van der Waals surface area contributed by atoms with Crippen molar-refractivity contribution in [2.75, 3.05) is 0 Å². The fourth-order valence-electron chi connectivity index (χ4n) is 17.4. The van der Waals surface area contributed by atoms with Crippen molar-refractivity contribution < 1.29 is 0 Å². The van der Waals surface area contributed by atoms with E-state index in [1.54, 1.807) is 0 Å². The lowest BCUT2D eigenvalue weighted by Crippen LogP contribution is -1.94. The maximum absolute atomic E-state index is 2.46. The predicted molar refractivity (Wildman–Crippen MR) is 448 cm³/mol. The molecule has 0 fully saturated rings. The third-order valence-corrected chi connectivity index (χ3v) is 22.4. The number of hydrogen-bond donors (Lipinski definition) is 0. The summed E-state index contributed by atoms with van der Waals surface area (Å²) in [7, 11) is 0.